The van der Waals surface area contributed by atoms with Crippen LogP contribution in [0.2, 0.25) is 0 Å². The van der Waals surface area contributed by atoms with E-state index in [0.717, 1.165) is 11.3 Å². The Labute approximate surface area is 96.8 Å². The molecule has 0 aliphatic carbocycles. The van der Waals surface area contributed by atoms with Gasteiger partial charge in [-0.25, -0.2) is 5.43 Å². The highest BCUT2D eigenvalue weighted by molar-refractivity contribution is 5.66. The first-order valence-corrected chi connectivity index (χ1v) is 5.62. The maximum atomic E-state index is 10.4. The van der Waals surface area contributed by atoms with E-state index < -0.39 is 5.60 Å². The van der Waals surface area contributed by atoms with Gasteiger partial charge in [0.2, 0.25) is 0 Å². The average Bonchev–Trinajstić information content (AvgIpc) is 2.31. The number of nitrogen functional groups attached to an aromatic ring is 1. The molecule has 0 aliphatic heterocycles. The van der Waals surface area contributed by atoms with Crippen LogP contribution >= 0.6 is 0 Å². The molecule has 0 aliphatic rings. The van der Waals surface area contributed by atoms with E-state index in [1.165, 1.54) is 0 Å². The molecule has 0 saturated heterocycles. The predicted octanol–water partition coefficient (Wildman–Crippen LogP) is 1.82. The Morgan fingerprint density at radius 3 is 2.38 bits per heavy atom. The van der Waals surface area contributed by atoms with Gasteiger partial charge in [-0.2, -0.15) is 0 Å². The molecule has 0 amide bonds. The summed E-state index contributed by atoms with van der Waals surface area (Å²) in [4.78, 5) is 0. The molecular weight excluding hydrogens is 202 g/mol. The Balaban J connectivity index is 3.04. The van der Waals surface area contributed by atoms with Crippen molar-refractivity contribution in [1.29, 1.82) is 0 Å². The van der Waals surface area contributed by atoms with Crippen LogP contribution in [0.15, 0.2) is 18.2 Å². The van der Waals surface area contributed by atoms with Crippen LogP contribution in [0.4, 0.5) is 11.4 Å². The molecule has 4 nitrogen and oxygen atoms in total. The quantitative estimate of drug-likeness (QED) is 0.454. The van der Waals surface area contributed by atoms with Gasteiger partial charge in [0.15, 0.2) is 0 Å². The van der Waals surface area contributed by atoms with Crippen molar-refractivity contribution in [2.75, 3.05) is 18.2 Å². The minimum Gasteiger partial charge on any atom is -0.397 e. The van der Waals surface area contributed by atoms with Crippen molar-refractivity contribution in [1.82, 2.24) is 5.43 Å². The Kier molecular flexibility index (Phi) is 4.15. The fourth-order valence-corrected chi connectivity index (χ4v) is 1.76. The summed E-state index contributed by atoms with van der Waals surface area (Å²) >= 11 is 0. The largest absolute Gasteiger partial charge is 0.397 e. The summed E-state index contributed by atoms with van der Waals surface area (Å²) in [5.74, 6) is 0. The fraction of sp³-hybridized carbons (Fsp3) is 0.500. The minimum atomic E-state index is -0.772. The molecule has 0 spiro atoms. The molecule has 1 rings (SSSR count). The number of rotatable bonds is 5. The van der Waals surface area contributed by atoms with Gasteiger partial charge in [0.05, 0.1) is 17.0 Å². The molecule has 4 heteroatoms. The molecule has 0 aromatic heterocycles. The first-order chi connectivity index (χ1) is 7.57. The second-order valence-electron chi connectivity index (χ2n) is 3.92. The van der Waals surface area contributed by atoms with Gasteiger partial charge in [-0.1, -0.05) is 19.9 Å². The maximum absolute atomic E-state index is 10.4. The molecule has 90 valence electrons. The van der Waals surface area contributed by atoms with Crippen molar-refractivity contribution < 1.29 is 5.11 Å². The zero-order chi connectivity index (χ0) is 12.2. The first kappa shape index (κ1) is 12.8. The summed E-state index contributed by atoms with van der Waals surface area (Å²) in [6.07, 6.45) is 1.36. The molecule has 1 aromatic carbocycles. The van der Waals surface area contributed by atoms with Gasteiger partial charge >= 0.3 is 0 Å². The second kappa shape index (κ2) is 5.18. The molecule has 0 radical (unpaired) electrons. The van der Waals surface area contributed by atoms with Crippen molar-refractivity contribution in [3.05, 3.63) is 23.8 Å². The monoisotopic (exact) mass is 223 g/mol. The normalized spacial score (nSPS) is 11.5. The lowest BCUT2D eigenvalue weighted by Gasteiger charge is -2.26. The van der Waals surface area contributed by atoms with E-state index in [4.69, 9.17) is 5.73 Å². The number of hydrogen-bond donors (Lipinski definition) is 4. The Bertz CT molecular complexity index is 348. The van der Waals surface area contributed by atoms with Gasteiger partial charge in [0.25, 0.3) is 0 Å². The van der Waals surface area contributed by atoms with Gasteiger partial charge in [0.1, 0.15) is 0 Å². The van der Waals surface area contributed by atoms with Crippen LogP contribution in [0.5, 0.6) is 0 Å². The maximum Gasteiger partial charge on any atom is 0.0892 e. The van der Waals surface area contributed by atoms with Gasteiger partial charge in [-0.05, 0) is 30.5 Å². The number of anilines is 2. The van der Waals surface area contributed by atoms with Crippen LogP contribution in [-0.2, 0) is 5.60 Å². The van der Waals surface area contributed by atoms with Crippen LogP contribution in [0.25, 0.3) is 0 Å². The van der Waals surface area contributed by atoms with E-state index in [1.54, 1.807) is 7.05 Å². The minimum absolute atomic E-state index is 0.632. The third kappa shape index (κ3) is 2.46. The summed E-state index contributed by atoms with van der Waals surface area (Å²) in [5, 5.41) is 10.4. The molecule has 0 heterocycles. The van der Waals surface area contributed by atoms with E-state index in [-0.39, 0.29) is 0 Å². The number of nitrogens with one attached hydrogen (secondary N) is 2. The number of hydrazine groups is 1. The van der Waals surface area contributed by atoms with Gasteiger partial charge in [-0.3, -0.25) is 0 Å². The van der Waals surface area contributed by atoms with Crippen LogP contribution in [-0.4, -0.2) is 12.2 Å². The Morgan fingerprint density at radius 2 is 1.94 bits per heavy atom. The lowest BCUT2D eigenvalue weighted by atomic mass is 9.88. The fourth-order valence-electron chi connectivity index (χ4n) is 1.76. The summed E-state index contributed by atoms with van der Waals surface area (Å²) in [6.45, 7) is 3.94. The summed E-state index contributed by atoms with van der Waals surface area (Å²) in [6, 6.07) is 5.60. The van der Waals surface area contributed by atoms with Crippen molar-refractivity contribution >= 4 is 11.4 Å². The van der Waals surface area contributed by atoms with Crippen LogP contribution in [0.3, 0.4) is 0 Å². The van der Waals surface area contributed by atoms with Crippen LogP contribution in [0.1, 0.15) is 32.3 Å². The molecule has 0 fully saturated rings. The predicted molar refractivity (Wildman–Crippen MR) is 68.0 cm³/mol. The lowest BCUT2D eigenvalue weighted by molar-refractivity contribution is 0.0284. The Hall–Kier alpha value is -1.26. The van der Waals surface area contributed by atoms with Crippen LogP contribution in [0, 0.1) is 0 Å². The molecule has 16 heavy (non-hydrogen) atoms. The topological polar surface area (TPSA) is 70.3 Å². The molecular formula is C12H21N3O. The van der Waals surface area contributed by atoms with Crippen LogP contribution < -0.4 is 16.6 Å². The number of nitrogens with two attached hydrogens (primary N) is 1. The molecule has 1 aromatic rings. The zero-order valence-electron chi connectivity index (χ0n) is 10.2. The molecule has 5 N–H and O–H groups in total. The van der Waals surface area contributed by atoms with E-state index in [2.05, 4.69) is 10.9 Å². The lowest BCUT2D eigenvalue weighted by Crippen LogP contribution is -2.24. The van der Waals surface area contributed by atoms with E-state index in [0.29, 0.717) is 18.5 Å². The van der Waals surface area contributed by atoms with E-state index in [9.17, 15) is 5.11 Å². The SMILES string of the molecule is CCC(O)(CC)c1ccc(NNC)c(N)c1. The second-order valence-corrected chi connectivity index (χ2v) is 3.92. The van der Waals surface area contributed by atoms with Gasteiger partial charge < -0.3 is 16.3 Å². The third-order valence-electron chi connectivity index (χ3n) is 3.02. The van der Waals surface area contributed by atoms with Gasteiger partial charge in [0, 0.05) is 7.05 Å². The highest BCUT2D eigenvalue weighted by atomic mass is 16.3. The summed E-state index contributed by atoms with van der Waals surface area (Å²) < 4.78 is 0. The zero-order valence-corrected chi connectivity index (χ0v) is 10.2. The summed E-state index contributed by atoms with van der Waals surface area (Å²) in [5.41, 5.74) is 13.2. The molecule has 0 unspecified atom stereocenters. The number of hydrogen-bond acceptors (Lipinski definition) is 4. The van der Waals surface area contributed by atoms with E-state index >= 15 is 0 Å². The standard InChI is InChI=1S/C12H21N3O/c1-4-12(16,5-2)9-6-7-11(15-14-3)10(13)8-9/h6-8,14-16H,4-5,13H2,1-3H3. The smallest absolute Gasteiger partial charge is 0.0892 e. The number of aliphatic hydroxyl groups is 1. The van der Waals surface area contributed by atoms with Gasteiger partial charge in [-0.15, -0.1) is 0 Å². The molecule has 0 bridgehead atoms. The first-order valence-electron chi connectivity index (χ1n) is 5.62. The van der Waals surface area contributed by atoms with Crippen molar-refractivity contribution in [3.63, 3.8) is 0 Å². The van der Waals surface area contributed by atoms with E-state index in [1.807, 2.05) is 32.0 Å². The average molecular weight is 223 g/mol. The summed E-state index contributed by atoms with van der Waals surface area (Å²) in [7, 11) is 1.78. The molecule has 0 atom stereocenters. The highest BCUT2D eigenvalue weighted by Crippen LogP contribution is 2.31. The Morgan fingerprint density at radius 1 is 1.31 bits per heavy atom. The number of benzene rings is 1. The van der Waals surface area contributed by atoms with Crippen molar-refractivity contribution in [2.45, 2.75) is 32.3 Å². The highest BCUT2D eigenvalue weighted by Gasteiger charge is 2.25. The van der Waals surface area contributed by atoms with Crippen molar-refractivity contribution in [3.8, 4) is 0 Å². The third-order valence-corrected chi connectivity index (χ3v) is 3.02. The molecule has 0 saturated carbocycles. The van der Waals surface area contributed by atoms with Crippen molar-refractivity contribution in [2.24, 2.45) is 0 Å².